The summed E-state index contributed by atoms with van der Waals surface area (Å²) in [4.78, 5) is 4.31. The molecule has 0 fully saturated rings. The van der Waals surface area contributed by atoms with E-state index in [0.29, 0.717) is 13.2 Å². The maximum absolute atomic E-state index is 5.83. The normalized spacial score (nSPS) is 16.6. The lowest BCUT2D eigenvalue weighted by Crippen LogP contribution is -2.21. The van der Waals surface area contributed by atoms with Crippen molar-refractivity contribution in [3.63, 3.8) is 0 Å². The molecule has 1 unspecified atom stereocenters. The SMILES string of the molecule is CCNC1COc2cc(OCc3nccn3CC)ccc21. The summed E-state index contributed by atoms with van der Waals surface area (Å²) in [5.41, 5.74) is 1.21. The molecule has 1 aromatic heterocycles. The molecule has 0 bridgehead atoms. The standard InChI is InChI=1S/C16H21N3O2/c1-3-17-14-10-21-15-9-12(5-6-13(14)15)20-11-16-18-7-8-19(16)4-2/h5-9,14,17H,3-4,10-11H2,1-2H3. The number of likely N-dealkylation sites (N-methyl/N-ethyl adjacent to an activating group) is 1. The molecule has 5 heteroatoms. The van der Waals surface area contributed by atoms with E-state index < -0.39 is 0 Å². The average molecular weight is 287 g/mol. The molecule has 2 aromatic rings. The quantitative estimate of drug-likeness (QED) is 0.887. The van der Waals surface area contributed by atoms with Crippen LogP contribution in [0.1, 0.15) is 31.3 Å². The molecule has 112 valence electrons. The number of nitrogens with one attached hydrogen (secondary N) is 1. The van der Waals surface area contributed by atoms with Crippen LogP contribution in [0, 0.1) is 0 Å². The maximum atomic E-state index is 5.83. The van der Waals surface area contributed by atoms with Crippen molar-refractivity contribution < 1.29 is 9.47 Å². The molecule has 5 nitrogen and oxygen atoms in total. The van der Waals surface area contributed by atoms with Crippen molar-refractivity contribution in [3.05, 3.63) is 42.0 Å². The number of imidazole rings is 1. The van der Waals surface area contributed by atoms with Crippen LogP contribution < -0.4 is 14.8 Å². The fourth-order valence-corrected chi connectivity index (χ4v) is 2.61. The van der Waals surface area contributed by atoms with E-state index in [1.807, 2.05) is 18.3 Å². The Kier molecular flexibility index (Phi) is 4.10. The molecule has 3 rings (SSSR count). The molecule has 1 aliphatic heterocycles. The number of benzene rings is 1. The van der Waals surface area contributed by atoms with Crippen LogP contribution in [0.25, 0.3) is 0 Å². The molecule has 1 atom stereocenters. The van der Waals surface area contributed by atoms with Gasteiger partial charge in [0.1, 0.15) is 30.5 Å². The van der Waals surface area contributed by atoms with Crippen LogP contribution >= 0.6 is 0 Å². The van der Waals surface area contributed by atoms with Gasteiger partial charge in [0.25, 0.3) is 0 Å². The molecule has 1 N–H and O–H groups in total. The molecule has 1 aliphatic rings. The van der Waals surface area contributed by atoms with Crippen LogP contribution in [-0.2, 0) is 13.2 Å². The topological polar surface area (TPSA) is 48.3 Å². The summed E-state index contributed by atoms with van der Waals surface area (Å²) < 4.78 is 13.6. The van der Waals surface area contributed by atoms with E-state index >= 15 is 0 Å². The van der Waals surface area contributed by atoms with Gasteiger partial charge < -0.3 is 19.4 Å². The summed E-state index contributed by atoms with van der Waals surface area (Å²) in [6, 6.07) is 6.33. The first-order valence-electron chi connectivity index (χ1n) is 7.44. The first kappa shape index (κ1) is 13.9. The predicted molar refractivity (Wildman–Crippen MR) is 80.6 cm³/mol. The first-order valence-corrected chi connectivity index (χ1v) is 7.44. The van der Waals surface area contributed by atoms with E-state index in [1.165, 1.54) is 5.56 Å². The number of hydrogen-bond acceptors (Lipinski definition) is 4. The molecular formula is C16H21N3O2. The van der Waals surface area contributed by atoms with Crippen LogP contribution in [0.15, 0.2) is 30.6 Å². The maximum Gasteiger partial charge on any atom is 0.146 e. The van der Waals surface area contributed by atoms with Crippen molar-refractivity contribution >= 4 is 0 Å². The molecular weight excluding hydrogens is 266 g/mol. The minimum Gasteiger partial charge on any atom is -0.491 e. The molecule has 21 heavy (non-hydrogen) atoms. The van der Waals surface area contributed by atoms with E-state index in [2.05, 4.69) is 34.8 Å². The lowest BCUT2D eigenvalue weighted by Gasteiger charge is -2.10. The smallest absolute Gasteiger partial charge is 0.146 e. The van der Waals surface area contributed by atoms with Crippen molar-refractivity contribution in [2.24, 2.45) is 0 Å². The summed E-state index contributed by atoms with van der Waals surface area (Å²) in [5, 5.41) is 3.41. The highest BCUT2D eigenvalue weighted by atomic mass is 16.5. The first-order chi connectivity index (χ1) is 10.3. The van der Waals surface area contributed by atoms with Gasteiger partial charge in [0.15, 0.2) is 0 Å². The van der Waals surface area contributed by atoms with Crippen molar-refractivity contribution in [3.8, 4) is 11.5 Å². The minimum atomic E-state index is 0.290. The zero-order chi connectivity index (χ0) is 14.7. The van der Waals surface area contributed by atoms with E-state index in [1.54, 1.807) is 6.20 Å². The van der Waals surface area contributed by atoms with Gasteiger partial charge in [0, 0.05) is 30.6 Å². The number of aryl methyl sites for hydroxylation is 1. The molecule has 0 spiro atoms. The van der Waals surface area contributed by atoms with Crippen LogP contribution in [0.4, 0.5) is 0 Å². The van der Waals surface area contributed by atoms with Crippen LogP contribution in [-0.4, -0.2) is 22.7 Å². The Morgan fingerprint density at radius 2 is 2.33 bits per heavy atom. The summed E-state index contributed by atoms with van der Waals surface area (Å²) in [7, 11) is 0. The Labute approximate surface area is 124 Å². The van der Waals surface area contributed by atoms with Gasteiger partial charge in [-0.05, 0) is 25.6 Å². The fourth-order valence-electron chi connectivity index (χ4n) is 2.61. The molecule has 2 heterocycles. The van der Waals surface area contributed by atoms with Crippen LogP contribution in [0.2, 0.25) is 0 Å². The highest BCUT2D eigenvalue weighted by Gasteiger charge is 2.23. The molecule has 0 saturated carbocycles. The highest BCUT2D eigenvalue weighted by Crippen LogP contribution is 2.35. The number of hydrogen-bond donors (Lipinski definition) is 1. The fraction of sp³-hybridized carbons (Fsp3) is 0.438. The van der Waals surface area contributed by atoms with Gasteiger partial charge in [0.2, 0.25) is 0 Å². The molecule has 0 amide bonds. The lowest BCUT2D eigenvalue weighted by molar-refractivity contribution is 0.285. The van der Waals surface area contributed by atoms with Crippen LogP contribution in [0.3, 0.4) is 0 Å². The second kappa shape index (κ2) is 6.18. The Balaban J connectivity index is 1.68. The second-order valence-corrected chi connectivity index (χ2v) is 5.04. The Morgan fingerprint density at radius 3 is 3.14 bits per heavy atom. The highest BCUT2D eigenvalue weighted by molar-refractivity contribution is 5.45. The van der Waals surface area contributed by atoms with Crippen molar-refractivity contribution in [1.82, 2.24) is 14.9 Å². The number of fused-ring (bicyclic) bond motifs is 1. The zero-order valence-electron chi connectivity index (χ0n) is 12.5. The van der Waals surface area contributed by atoms with Gasteiger partial charge in [-0.25, -0.2) is 4.98 Å². The largest absolute Gasteiger partial charge is 0.491 e. The summed E-state index contributed by atoms with van der Waals surface area (Å²) in [6.45, 7) is 7.19. The van der Waals surface area contributed by atoms with Crippen molar-refractivity contribution in [2.45, 2.75) is 33.0 Å². The summed E-state index contributed by atoms with van der Waals surface area (Å²) >= 11 is 0. The summed E-state index contributed by atoms with van der Waals surface area (Å²) in [6.07, 6.45) is 3.76. The van der Waals surface area contributed by atoms with Crippen molar-refractivity contribution in [2.75, 3.05) is 13.2 Å². The average Bonchev–Trinajstić information content (AvgIpc) is 3.12. The molecule has 0 saturated heterocycles. The van der Waals surface area contributed by atoms with Gasteiger partial charge in [-0.2, -0.15) is 0 Å². The van der Waals surface area contributed by atoms with E-state index in [0.717, 1.165) is 30.4 Å². The van der Waals surface area contributed by atoms with Gasteiger partial charge in [0.05, 0.1) is 6.04 Å². The third-order valence-electron chi connectivity index (χ3n) is 3.73. The van der Waals surface area contributed by atoms with Gasteiger partial charge in [-0.1, -0.05) is 6.92 Å². The minimum absolute atomic E-state index is 0.290. The van der Waals surface area contributed by atoms with Crippen molar-refractivity contribution in [1.29, 1.82) is 0 Å². The number of rotatable bonds is 6. The second-order valence-electron chi connectivity index (χ2n) is 5.04. The molecule has 0 aliphatic carbocycles. The molecule has 1 aromatic carbocycles. The van der Waals surface area contributed by atoms with E-state index in [9.17, 15) is 0 Å². The predicted octanol–water partition coefficient (Wildman–Crippen LogP) is 2.53. The monoisotopic (exact) mass is 287 g/mol. The van der Waals surface area contributed by atoms with Gasteiger partial charge >= 0.3 is 0 Å². The third kappa shape index (κ3) is 2.88. The van der Waals surface area contributed by atoms with Gasteiger partial charge in [-0.3, -0.25) is 0 Å². The lowest BCUT2D eigenvalue weighted by atomic mass is 10.1. The number of aromatic nitrogens is 2. The van der Waals surface area contributed by atoms with Gasteiger partial charge in [-0.15, -0.1) is 0 Å². The summed E-state index contributed by atoms with van der Waals surface area (Å²) in [5.74, 6) is 2.67. The number of nitrogens with zero attached hydrogens (tertiary/aromatic N) is 2. The Morgan fingerprint density at radius 1 is 1.43 bits per heavy atom. The Hall–Kier alpha value is -2.01. The van der Waals surface area contributed by atoms with Crippen LogP contribution in [0.5, 0.6) is 11.5 Å². The molecule has 0 radical (unpaired) electrons. The van der Waals surface area contributed by atoms with E-state index in [-0.39, 0.29) is 6.04 Å². The zero-order valence-corrected chi connectivity index (χ0v) is 12.5. The van der Waals surface area contributed by atoms with E-state index in [4.69, 9.17) is 9.47 Å². The Bertz CT molecular complexity index is 609. The third-order valence-corrected chi connectivity index (χ3v) is 3.73. The number of ether oxygens (including phenoxy) is 2.